The van der Waals surface area contributed by atoms with Crippen molar-refractivity contribution in [3.05, 3.63) is 52.8 Å². The smallest absolute Gasteiger partial charge is 0.270 e. The second-order valence-corrected chi connectivity index (χ2v) is 6.89. The molecule has 2 aromatic rings. The summed E-state index contributed by atoms with van der Waals surface area (Å²) in [5.41, 5.74) is 4.89. The summed E-state index contributed by atoms with van der Waals surface area (Å²) in [7, 11) is 0. The highest BCUT2D eigenvalue weighted by atomic mass is 16.1. The van der Waals surface area contributed by atoms with Gasteiger partial charge in [0.25, 0.3) is 5.91 Å². The van der Waals surface area contributed by atoms with E-state index < -0.39 is 0 Å². The number of nitriles is 1. The van der Waals surface area contributed by atoms with Crippen molar-refractivity contribution in [1.29, 1.82) is 5.26 Å². The van der Waals surface area contributed by atoms with Crippen LogP contribution in [0.1, 0.15) is 65.3 Å². The highest BCUT2D eigenvalue weighted by Crippen LogP contribution is 2.40. The number of pyridine rings is 1. The fraction of sp³-hybridized carbons (Fsp3) is 0.381. The Morgan fingerprint density at radius 2 is 1.88 bits per heavy atom. The summed E-state index contributed by atoms with van der Waals surface area (Å²) in [6.07, 6.45) is 6.08. The summed E-state index contributed by atoms with van der Waals surface area (Å²) < 4.78 is 0. The largest absolute Gasteiger partial charge is 0.351 e. The van der Waals surface area contributed by atoms with E-state index in [9.17, 15) is 10.1 Å². The zero-order valence-corrected chi connectivity index (χ0v) is 14.2. The zero-order chi connectivity index (χ0) is 17.2. The molecule has 0 unspecified atom stereocenters. The first-order chi connectivity index (χ1) is 12.3. The number of rotatable bonds is 2. The molecule has 0 atom stereocenters. The monoisotopic (exact) mass is 331 g/mol. The quantitative estimate of drug-likeness (QED) is 0.906. The first kappa shape index (κ1) is 15.8. The van der Waals surface area contributed by atoms with Gasteiger partial charge in [0.15, 0.2) is 0 Å². The van der Waals surface area contributed by atoms with Crippen molar-refractivity contribution >= 4 is 5.91 Å². The number of nitrogens with zero attached hydrogens (tertiary/aromatic N) is 2. The van der Waals surface area contributed by atoms with Gasteiger partial charge < -0.3 is 5.32 Å². The van der Waals surface area contributed by atoms with Crippen LogP contribution in [0.5, 0.6) is 0 Å². The van der Waals surface area contributed by atoms with Crippen LogP contribution in [-0.2, 0) is 6.42 Å². The zero-order valence-electron chi connectivity index (χ0n) is 14.2. The van der Waals surface area contributed by atoms with Crippen LogP contribution in [0, 0.1) is 11.3 Å². The van der Waals surface area contributed by atoms with E-state index in [1.807, 2.05) is 30.3 Å². The van der Waals surface area contributed by atoms with E-state index in [0.29, 0.717) is 23.7 Å². The van der Waals surface area contributed by atoms with Gasteiger partial charge >= 0.3 is 0 Å². The molecule has 1 amide bonds. The SMILES string of the molecule is N#Cc1c(C2CCCC2)nc2c(c1-c1ccccc1)CCCNC2=O. The fourth-order valence-corrected chi connectivity index (χ4v) is 4.15. The van der Waals surface area contributed by atoms with E-state index in [1.165, 1.54) is 12.8 Å². The average molecular weight is 331 g/mol. The predicted octanol–water partition coefficient (Wildman–Crippen LogP) is 3.95. The normalized spacial score (nSPS) is 17.5. The van der Waals surface area contributed by atoms with Crippen LogP contribution in [0.4, 0.5) is 0 Å². The van der Waals surface area contributed by atoms with Crippen LogP contribution in [-0.4, -0.2) is 17.4 Å². The van der Waals surface area contributed by atoms with Gasteiger partial charge in [-0.15, -0.1) is 0 Å². The van der Waals surface area contributed by atoms with E-state index in [2.05, 4.69) is 11.4 Å². The fourth-order valence-electron chi connectivity index (χ4n) is 4.15. The third-order valence-electron chi connectivity index (χ3n) is 5.35. The predicted molar refractivity (Wildman–Crippen MR) is 96.3 cm³/mol. The third-order valence-corrected chi connectivity index (χ3v) is 5.35. The molecule has 1 aliphatic heterocycles. The summed E-state index contributed by atoms with van der Waals surface area (Å²) in [5.74, 6) is 0.187. The summed E-state index contributed by atoms with van der Waals surface area (Å²) in [6, 6.07) is 12.4. The standard InChI is InChI=1S/C21H21N3O/c22-13-17-18(14-7-2-1-3-8-14)16-11-6-12-23-21(25)20(16)24-19(17)15-9-4-5-10-15/h1-3,7-8,15H,4-6,9-12H2,(H,23,25). The van der Waals surface area contributed by atoms with Gasteiger partial charge in [-0.3, -0.25) is 4.79 Å². The molecule has 1 fully saturated rings. The highest BCUT2D eigenvalue weighted by Gasteiger charge is 2.30. The first-order valence-corrected chi connectivity index (χ1v) is 9.10. The lowest BCUT2D eigenvalue weighted by atomic mass is 9.87. The second-order valence-electron chi connectivity index (χ2n) is 6.89. The van der Waals surface area contributed by atoms with Crippen molar-refractivity contribution in [2.24, 2.45) is 0 Å². The summed E-state index contributed by atoms with van der Waals surface area (Å²) in [5, 5.41) is 12.9. The van der Waals surface area contributed by atoms with E-state index in [1.54, 1.807) is 0 Å². The summed E-state index contributed by atoms with van der Waals surface area (Å²) in [4.78, 5) is 17.4. The molecule has 25 heavy (non-hydrogen) atoms. The van der Waals surface area contributed by atoms with Crippen LogP contribution >= 0.6 is 0 Å². The minimum atomic E-state index is -0.103. The molecule has 4 rings (SSSR count). The van der Waals surface area contributed by atoms with Gasteiger partial charge in [0.1, 0.15) is 11.8 Å². The second kappa shape index (κ2) is 6.68. The number of nitrogens with one attached hydrogen (secondary N) is 1. The maximum absolute atomic E-state index is 12.6. The minimum absolute atomic E-state index is 0.103. The molecule has 0 bridgehead atoms. The Morgan fingerprint density at radius 1 is 1.12 bits per heavy atom. The molecule has 126 valence electrons. The number of aromatic nitrogens is 1. The Labute approximate surface area is 147 Å². The number of fused-ring (bicyclic) bond motifs is 1. The molecule has 2 heterocycles. The van der Waals surface area contributed by atoms with Gasteiger partial charge in [-0.05, 0) is 36.8 Å². The Hall–Kier alpha value is -2.67. The Balaban J connectivity index is 2.02. The Morgan fingerprint density at radius 3 is 2.60 bits per heavy atom. The molecule has 1 N–H and O–H groups in total. The Bertz CT molecular complexity index is 846. The van der Waals surface area contributed by atoms with Gasteiger partial charge in [-0.25, -0.2) is 4.98 Å². The molecule has 4 heteroatoms. The highest BCUT2D eigenvalue weighted by molar-refractivity contribution is 5.97. The van der Waals surface area contributed by atoms with Crippen LogP contribution in [0.2, 0.25) is 0 Å². The van der Waals surface area contributed by atoms with Crippen LogP contribution < -0.4 is 5.32 Å². The van der Waals surface area contributed by atoms with Gasteiger partial charge in [0.05, 0.1) is 11.3 Å². The van der Waals surface area contributed by atoms with Crippen LogP contribution in [0.3, 0.4) is 0 Å². The number of amides is 1. The lowest BCUT2D eigenvalue weighted by molar-refractivity contribution is 0.0951. The van der Waals surface area contributed by atoms with Crippen molar-refractivity contribution in [3.8, 4) is 17.2 Å². The maximum Gasteiger partial charge on any atom is 0.270 e. The van der Waals surface area contributed by atoms with Crippen LogP contribution in [0.15, 0.2) is 30.3 Å². The van der Waals surface area contributed by atoms with Crippen molar-refractivity contribution in [2.75, 3.05) is 6.54 Å². The van der Waals surface area contributed by atoms with Crippen LogP contribution in [0.25, 0.3) is 11.1 Å². The van der Waals surface area contributed by atoms with Gasteiger partial charge in [0.2, 0.25) is 0 Å². The van der Waals surface area contributed by atoms with Crippen molar-refractivity contribution < 1.29 is 4.79 Å². The molecule has 1 saturated carbocycles. The maximum atomic E-state index is 12.6. The molecule has 1 aliphatic carbocycles. The molecule has 0 saturated heterocycles. The van der Waals surface area contributed by atoms with Crippen molar-refractivity contribution in [3.63, 3.8) is 0 Å². The van der Waals surface area contributed by atoms with E-state index in [-0.39, 0.29) is 5.91 Å². The average Bonchev–Trinajstić information content (AvgIpc) is 3.12. The third kappa shape index (κ3) is 2.80. The van der Waals surface area contributed by atoms with E-state index >= 15 is 0 Å². The van der Waals surface area contributed by atoms with E-state index in [0.717, 1.165) is 48.1 Å². The van der Waals surface area contributed by atoms with E-state index in [4.69, 9.17) is 4.98 Å². The molecular weight excluding hydrogens is 310 g/mol. The molecular formula is C21H21N3O. The molecule has 1 aromatic carbocycles. The van der Waals surface area contributed by atoms with Gasteiger partial charge in [0, 0.05) is 18.0 Å². The lowest BCUT2D eigenvalue weighted by Gasteiger charge is -2.19. The molecule has 1 aromatic heterocycles. The molecule has 2 aliphatic rings. The number of carbonyl (C=O) groups excluding carboxylic acids is 1. The number of carbonyl (C=O) groups is 1. The lowest BCUT2D eigenvalue weighted by Crippen LogP contribution is -2.24. The topological polar surface area (TPSA) is 65.8 Å². The number of benzene rings is 1. The summed E-state index contributed by atoms with van der Waals surface area (Å²) >= 11 is 0. The minimum Gasteiger partial charge on any atom is -0.351 e. The molecule has 0 radical (unpaired) electrons. The van der Waals surface area contributed by atoms with Crippen molar-refractivity contribution in [2.45, 2.75) is 44.4 Å². The number of hydrogen-bond acceptors (Lipinski definition) is 3. The van der Waals surface area contributed by atoms with Crippen molar-refractivity contribution in [1.82, 2.24) is 10.3 Å². The summed E-state index contributed by atoms with van der Waals surface area (Å²) in [6.45, 7) is 0.657. The molecule has 0 spiro atoms. The Kier molecular flexibility index (Phi) is 4.23. The van der Waals surface area contributed by atoms with Gasteiger partial charge in [-0.1, -0.05) is 43.2 Å². The van der Waals surface area contributed by atoms with Gasteiger partial charge in [-0.2, -0.15) is 5.26 Å². The molecule has 4 nitrogen and oxygen atoms in total. The number of hydrogen-bond donors (Lipinski definition) is 1. The first-order valence-electron chi connectivity index (χ1n) is 9.10.